The summed E-state index contributed by atoms with van der Waals surface area (Å²) in [7, 11) is 0. The number of nitrogens with zero attached hydrogens (tertiary/aromatic N) is 1. The standard InChI is InChI=1S/C14H16ClN3O3/c1-2-14(9-3-5-10(15)6-4-9)12(20)18(13(21)17-14)8-7-11(16)19/h3-6H,2,7-8H2,1H3,(H2,16,19)(H,17,21)/t14-/m1/s1. The van der Waals surface area contributed by atoms with E-state index in [1.54, 1.807) is 24.3 Å². The minimum Gasteiger partial charge on any atom is -0.370 e. The van der Waals surface area contributed by atoms with Gasteiger partial charge < -0.3 is 11.1 Å². The van der Waals surface area contributed by atoms with Crippen LogP contribution in [-0.4, -0.2) is 29.3 Å². The molecule has 7 heteroatoms. The van der Waals surface area contributed by atoms with Gasteiger partial charge in [-0.1, -0.05) is 30.7 Å². The molecule has 4 amide bonds. The van der Waals surface area contributed by atoms with Crippen molar-refractivity contribution in [1.82, 2.24) is 10.2 Å². The molecule has 1 aromatic rings. The molecule has 0 aromatic heterocycles. The number of imide groups is 1. The number of carbonyl (C=O) groups excluding carboxylic acids is 3. The second-order valence-electron chi connectivity index (χ2n) is 4.87. The predicted octanol–water partition coefficient (Wildman–Crippen LogP) is 1.37. The molecule has 1 atom stereocenters. The maximum Gasteiger partial charge on any atom is 0.325 e. The van der Waals surface area contributed by atoms with E-state index in [0.717, 1.165) is 4.90 Å². The van der Waals surface area contributed by atoms with Gasteiger partial charge in [0.05, 0.1) is 0 Å². The maximum absolute atomic E-state index is 12.6. The minimum absolute atomic E-state index is 0.0185. The summed E-state index contributed by atoms with van der Waals surface area (Å²) in [6, 6.07) is 6.24. The average Bonchev–Trinajstić information content (AvgIpc) is 2.69. The first kappa shape index (κ1) is 15.3. The molecule has 1 saturated heterocycles. The third-order valence-corrected chi connectivity index (χ3v) is 3.88. The number of carbonyl (C=O) groups is 3. The minimum atomic E-state index is -1.11. The van der Waals surface area contributed by atoms with Gasteiger partial charge in [0.2, 0.25) is 5.91 Å². The van der Waals surface area contributed by atoms with Crippen LogP contribution in [0.3, 0.4) is 0 Å². The molecular weight excluding hydrogens is 294 g/mol. The van der Waals surface area contributed by atoms with Gasteiger partial charge in [-0.15, -0.1) is 0 Å². The summed E-state index contributed by atoms with van der Waals surface area (Å²) in [5, 5.41) is 3.27. The van der Waals surface area contributed by atoms with Crippen LogP contribution in [0.25, 0.3) is 0 Å². The largest absolute Gasteiger partial charge is 0.370 e. The molecule has 1 aliphatic heterocycles. The van der Waals surface area contributed by atoms with Gasteiger partial charge in [-0.2, -0.15) is 0 Å². The van der Waals surface area contributed by atoms with E-state index in [1.165, 1.54) is 0 Å². The first-order valence-electron chi connectivity index (χ1n) is 6.59. The Morgan fingerprint density at radius 1 is 1.33 bits per heavy atom. The van der Waals surface area contributed by atoms with Gasteiger partial charge in [0.1, 0.15) is 5.54 Å². The SMILES string of the molecule is CC[C@]1(c2ccc(Cl)cc2)NC(=O)N(CCC(N)=O)C1=O. The molecule has 112 valence electrons. The number of benzene rings is 1. The summed E-state index contributed by atoms with van der Waals surface area (Å²) in [5.74, 6) is -0.935. The van der Waals surface area contributed by atoms with Crippen LogP contribution in [0.4, 0.5) is 4.79 Å². The zero-order chi connectivity index (χ0) is 15.6. The van der Waals surface area contributed by atoms with Crippen LogP contribution in [0.5, 0.6) is 0 Å². The van der Waals surface area contributed by atoms with Crippen LogP contribution >= 0.6 is 11.6 Å². The van der Waals surface area contributed by atoms with Crippen molar-refractivity contribution in [2.45, 2.75) is 25.3 Å². The van der Waals surface area contributed by atoms with Crippen molar-refractivity contribution in [2.24, 2.45) is 5.73 Å². The van der Waals surface area contributed by atoms with Crippen molar-refractivity contribution >= 4 is 29.4 Å². The van der Waals surface area contributed by atoms with Crippen molar-refractivity contribution in [3.8, 4) is 0 Å². The van der Waals surface area contributed by atoms with E-state index in [9.17, 15) is 14.4 Å². The van der Waals surface area contributed by atoms with Crippen molar-refractivity contribution in [2.75, 3.05) is 6.54 Å². The van der Waals surface area contributed by atoms with Gasteiger partial charge in [-0.25, -0.2) is 4.79 Å². The molecule has 1 aromatic carbocycles. The van der Waals surface area contributed by atoms with Crippen molar-refractivity contribution in [3.05, 3.63) is 34.9 Å². The molecule has 0 aliphatic carbocycles. The number of primary amides is 1. The highest BCUT2D eigenvalue weighted by molar-refractivity contribution is 6.30. The van der Waals surface area contributed by atoms with Gasteiger partial charge in [-0.05, 0) is 24.1 Å². The highest BCUT2D eigenvalue weighted by atomic mass is 35.5. The molecule has 0 bridgehead atoms. The van der Waals surface area contributed by atoms with Crippen molar-refractivity contribution in [1.29, 1.82) is 0 Å². The number of urea groups is 1. The van der Waals surface area contributed by atoms with Gasteiger partial charge in [0, 0.05) is 18.0 Å². The quantitative estimate of drug-likeness (QED) is 0.805. The number of amides is 4. The Labute approximate surface area is 127 Å². The number of nitrogens with two attached hydrogens (primary N) is 1. The lowest BCUT2D eigenvalue weighted by atomic mass is 9.87. The molecule has 0 saturated carbocycles. The van der Waals surface area contributed by atoms with Crippen LogP contribution in [0, 0.1) is 0 Å². The Bertz CT molecular complexity index is 588. The van der Waals surface area contributed by atoms with Gasteiger partial charge in [-0.3, -0.25) is 14.5 Å². The zero-order valence-electron chi connectivity index (χ0n) is 11.6. The molecule has 1 aliphatic rings. The smallest absolute Gasteiger partial charge is 0.325 e. The summed E-state index contributed by atoms with van der Waals surface area (Å²) >= 11 is 5.85. The van der Waals surface area contributed by atoms with E-state index in [0.29, 0.717) is 17.0 Å². The van der Waals surface area contributed by atoms with Gasteiger partial charge in [0.15, 0.2) is 0 Å². The molecule has 21 heavy (non-hydrogen) atoms. The van der Waals surface area contributed by atoms with Crippen LogP contribution < -0.4 is 11.1 Å². The molecular formula is C14H16ClN3O3. The maximum atomic E-state index is 12.6. The lowest BCUT2D eigenvalue weighted by Gasteiger charge is -2.25. The van der Waals surface area contributed by atoms with Crippen molar-refractivity contribution in [3.63, 3.8) is 0 Å². The summed E-state index contributed by atoms with van der Waals surface area (Å²) in [6.07, 6.45) is 0.339. The Balaban J connectivity index is 2.32. The molecule has 1 fully saturated rings. The summed E-state index contributed by atoms with van der Waals surface area (Å²) in [6.45, 7) is 1.79. The molecule has 6 nitrogen and oxygen atoms in total. The first-order valence-corrected chi connectivity index (χ1v) is 6.97. The highest BCUT2D eigenvalue weighted by Gasteiger charge is 2.50. The zero-order valence-corrected chi connectivity index (χ0v) is 12.3. The number of rotatable bonds is 5. The predicted molar refractivity (Wildman–Crippen MR) is 77.5 cm³/mol. The summed E-state index contributed by atoms with van der Waals surface area (Å²) in [5.41, 5.74) is 4.62. The van der Waals surface area contributed by atoms with Gasteiger partial charge in [0.25, 0.3) is 5.91 Å². The normalized spacial score (nSPS) is 21.5. The van der Waals surface area contributed by atoms with Crippen LogP contribution in [-0.2, 0) is 15.1 Å². The lowest BCUT2D eigenvalue weighted by molar-refractivity contribution is -0.132. The van der Waals surface area contributed by atoms with Crippen LogP contribution in [0.2, 0.25) is 5.02 Å². The molecule has 1 heterocycles. The van der Waals surface area contributed by atoms with Gasteiger partial charge >= 0.3 is 6.03 Å². The topological polar surface area (TPSA) is 92.5 Å². The van der Waals surface area contributed by atoms with Crippen LogP contribution in [0.15, 0.2) is 24.3 Å². The van der Waals surface area contributed by atoms with E-state index in [1.807, 2.05) is 6.92 Å². The molecule has 0 spiro atoms. The fraction of sp³-hybridized carbons (Fsp3) is 0.357. The van der Waals surface area contributed by atoms with Crippen LogP contribution in [0.1, 0.15) is 25.3 Å². The molecule has 3 N–H and O–H groups in total. The lowest BCUT2D eigenvalue weighted by Crippen LogP contribution is -2.43. The number of halogens is 1. The monoisotopic (exact) mass is 309 g/mol. The van der Waals surface area contributed by atoms with Crippen molar-refractivity contribution < 1.29 is 14.4 Å². The Hall–Kier alpha value is -2.08. The Kier molecular flexibility index (Phi) is 4.18. The summed E-state index contributed by atoms with van der Waals surface area (Å²) in [4.78, 5) is 36.5. The summed E-state index contributed by atoms with van der Waals surface area (Å²) < 4.78 is 0. The Morgan fingerprint density at radius 3 is 2.48 bits per heavy atom. The van der Waals surface area contributed by atoms with E-state index >= 15 is 0 Å². The second-order valence-corrected chi connectivity index (χ2v) is 5.31. The third kappa shape index (κ3) is 2.71. The highest BCUT2D eigenvalue weighted by Crippen LogP contribution is 2.33. The average molecular weight is 310 g/mol. The molecule has 2 rings (SSSR count). The first-order chi connectivity index (χ1) is 9.90. The number of hydrogen-bond acceptors (Lipinski definition) is 3. The van der Waals surface area contributed by atoms with E-state index in [-0.39, 0.29) is 18.9 Å². The Morgan fingerprint density at radius 2 is 1.95 bits per heavy atom. The molecule has 0 unspecified atom stereocenters. The fourth-order valence-corrected chi connectivity index (χ4v) is 2.55. The van der Waals surface area contributed by atoms with E-state index < -0.39 is 17.5 Å². The van der Waals surface area contributed by atoms with E-state index in [2.05, 4.69) is 5.32 Å². The second kappa shape index (κ2) is 5.73. The molecule has 0 radical (unpaired) electrons. The van der Waals surface area contributed by atoms with E-state index in [4.69, 9.17) is 17.3 Å². The third-order valence-electron chi connectivity index (χ3n) is 3.62. The fourth-order valence-electron chi connectivity index (χ4n) is 2.42. The number of nitrogens with one attached hydrogen (secondary N) is 1. The number of hydrogen-bond donors (Lipinski definition) is 2.